The Bertz CT molecular complexity index is 990. The summed E-state index contributed by atoms with van der Waals surface area (Å²) < 4.78 is 10.7. The Morgan fingerprint density at radius 1 is 1.11 bits per heavy atom. The number of benzene rings is 2. The van der Waals surface area contributed by atoms with E-state index >= 15 is 0 Å². The van der Waals surface area contributed by atoms with Gasteiger partial charge in [0.25, 0.3) is 0 Å². The molecule has 27 heavy (non-hydrogen) atoms. The first-order chi connectivity index (χ1) is 13.2. The molecule has 3 aromatic rings. The predicted octanol–water partition coefficient (Wildman–Crippen LogP) is 3.76. The Hall–Kier alpha value is -3.61. The molecule has 136 valence electrons. The minimum absolute atomic E-state index is 0.0127. The largest absolute Gasteiger partial charge is 0.454 e. The SMILES string of the molecule is CC(=O)c1cccc(Nc2nccc(NCc3ccc4c(c3)OCO4)n2)c1. The van der Waals surface area contributed by atoms with E-state index in [1.165, 1.54) is 6.92 Å². The monoisotopic (exact) mass is 362 g/mol. The molecule has 7 heteroatoms. The van der Waals surface area contributed by atoms with Crippen molar-refractivity contribution in [3.8, 4) is 11.5 Å². The van der Waals surface area contributed by atoms with Crippen LogP contribution in [0.25, 0.3) is 0 Å². The molecular formula is C20H18N4O3. The van der Waals surface area contributed by atoms with E-state index in [1.807, 2.05) is 30.3 Å². The fraction of sp³-hybridized carbons (Fsp3) is 0.150. The fourth-order valence-electron chi connectivity index (χ4n) is 2.71. The van der Waals surface area contributed by atoms with Crippen LogP contribution in [0.5, 0.6) is 11.5 Å². The summed E-state index contributed by atoms with van der Waals surface area (Å²) in [5.74, 6) is 2.67. The number of ketones is 1. The highest BCUT2D eigenvalue weighted by atomic mass is 16.7. The van der Waals surface area contributed by atoms with E-state index in [0.717, 1.165) is 22.7 Å². The van der Waals surface area contributed by atoms with E-state index in [2.05, 4.69) is 20.6 Å². The minimum atomic E-state index is 0.0127. The summed E-state index contributed by atoms with van der Waals surface area (Å²) in [5.41, 5.74) is 2.45. The number of anilines is 3. The molecule has 1 aromatic heterocycles. The zero-order chi connectivity index (χ0) is 18.6. The number of nitrogens with one attached hydrogen (secondary N) is 2. The number of ether oxygens (including phenoxy) is 2. The molecule has 2 heterocycles. The zero-order valence-corrected chi connectivity index (χ0v) is 14.7. The minimum Gasteiger partial charge on any atom is -0.454 e. The summed E-state index contributed by atoms with van der Waals surface area (Å²) in [5, 5.41) is 6.39. The normalized spacial score (nSPS) is 11.9. The van der Waals surface area contributed by atoms with Crippen LogP contribution in [0.15, 0.2) is 54.7 Å². The van der Waals surface area contributed by atoms with Gasteiger partial charge in [0.15, 0.2) is 17.3 Å². The number of carbonyl (C=O) groups is 1. The molecule has 0 saturated carbocycles. The lowest BCUT2D eigenvalue weighted by atomic mass is 10.1. The van der Waals surface area contributed by atoms with E-state index in [0.29, 0.717) is 23.9 Å². The maximum Gasteiger partial charge on any atom is 0.231 e. The molecule has 7 nitrogen and oxygen atoms in total. The molecule has 0 aliphatic carbocycles. The summed E-state index contributed by atoms with van der Waals surface area (Å²) >= 11 is 0. The van der Waals surface area contributed by atoms with Crippen LogP contribution < -0.4 is 20.1 Å². The number of hydrogen-bond acceptors (Lipinski definition) is 7. The number of fused-ring (bicyclic) bond motifs is 1. The Labute approximate surface area is 156 Å². The van der Waals surface area contributed by atoms with Crippen LogP contribution in [-0.4, -0.2) is 22.5 Å². The summed E-state index contributed by atoms with van der Waals surface area (Å²) in [4.78, 5) is 20.2. The van der Waals surface area contributed by atoms with Crippen molar-refractivity contribution in [1.82, 2.24) is 9.97 Å². The van der Waals surface area contributed by atoms with Crippen LogP contribution in [0.4, 0.5) is 17.5 Å². The first kappa shape index (κ1) is 16.8. The molecule has 4 rings (SSSR count). The van der Waals surface area contributed by atoms with Crippen molar-refractivity contribution in [2.24, 2.45) is 0 Å². The quantitative estimate of drug-likeness (QED) is 0.646. The van der Waals surface area contributed by atoms with Crippen molar-refractivity contribution in [3.05, 3.63) is 65.9 Å². The molecule has 0 amide bonds. The van der Waals surface area contributed by atoms with Gasteiger partial charge in [0.05, 0.1) is 0 Å². The van der Waals surface area contributed by atoms with Crippen LogP contribution >= 0.6 is 0 Å². The number of carbonyl (C=O) groups excluding carboxylic acids is 1. The Kier molecular flexibility index (Phi) is 4.57. The molecular weight excluding hydrogens is 344 g/mol. The van der Waals surface area contributed by atoms with Crippen molar-refractivity contribution in [2.45, 2.75) is 13.5 Å². The number of hydrogen-bond donors (Lipinski definition) is 2. The van der Waals surface area contributed by atoms with Gasteiger partial charge in [-0.1, -0.05) is 18.2 Å². The Morgan fingerprint density at radius 3 is 2.89 bits per heavy atom. The highest BCUT2D eigenvalue weighted by molar-refractivity contribution is 5.95. The molecule has 0 fully saturated rings. The van der Waals surface area contributed by atoms with Gasteiger partial charge in [-0.25, -0.2) is 4.98 Å². The molecule has 2 aromatic carbocycles. The lowest BCUT2D eigenvalue weighted by Crippen LogP contribution is -2.04. The number of nitrogens with zero attached hydrogens (tertiary/aromatic N) is 2. The average molecular weight is 362 g/mol. The van der Waals surface area contributed by atoms with Crippen molar-refractivity contribution in [2.75, 3.05) is 17.4 Å². The third-order valence-corrected chi connectivity index (χ3v) is 4.09. The van der Waals surface area contributed by atoms with E-state index in [4.69, 9.17) is 9.47 Å². The van der Waals surface area contributed by atoms with Crippen molar-refractivity contribution >= 4 is 23.2 Å². The highest BCUT2D eigenvalue weighted by Crippen LogP contribution is 2.32. The zero-order valence-electron chi connectivity index (χ0n) is 14.7. The molecule has 2 N–H and O–H groups in total. The Balaban J connectivity index is 1.43. The van der Waals surface area contributed by atoms with Crippen LogP contribution in [-0.2, 0) is 6.54 Å². The van der Waals surface area contributed by atoms with Gasteiger partial charge >= 0.3 is 0 Å². The van der Waals surface area contributed by atoms with Crippen molar-refractivity contribution in [1.29, 1.82) is 0 Å². The standard InChI is InChI=1S/C20H18N4O3/c1-13(25)15-3-2-4-16(10-15)23-20-21-8-7-19(24-20)22-11-14-5-6-17-18(9-14)27-12-26-17/h2-10H,11-12H2,1H3,(H2,21,22,23,24). The number of rotatable bonds is 6. The second kappa shape index (κ2) is 7.33. The smallest absolute Gasteiger partial charge is 0.231 e. The van der Waals surface area contributed by atoms with E-state index in [1.54, 1.807) is 24.4 Å². The van der Waals surface area contributed by atoms with E-state index < -0.39 is 0 Å². The van der Waals surface area contributed by atoms with Gasteiger partial charge < -0.3 is 20.1 Å². The van der Waals surface area contributed by atoms with Crippen LogP contribution in [0.2, 0.25) is 0 Å². The maximum absolute atomic E-state index is 11.5. The number of Topliss-reactive ketones (excluding diaryl/α,β-unsaturated/α-hetero) is 1. The molecule has 0 spiro atoms. The molecule has 0 unspecified atom stereocenters. The summed E-state index contributed by atoms with van der Waals surface area (Å²) in [6.45, 7) is 2.39. The molecule has 0 atom stereocenters. The molecule has 0 bridgehead atoms. The van der Waals surface area contributed by atoms with Gasteiger partial charge in [-0.3, -0.25) is 4.79 Å². The van der Waals surface area contributed by atoms with Gasteiger partial charge in [-0.2, -0.15) is 4.98 Å². The number of aromatic nitrogens is 2. The third-order valence-electron chi connectivity index (χ3n) is 4.09. The van der Waals surface area contributed by atoms with E-state index in [-0.39, 0.29) is 12.6 Å². The van der Waals surface area contributed by atoms with Gasteiger partial charge in [0.2, 0.25) is 12.7 Å². The topological polar surface area (TPSA) is 85.4 Å². The first-order valence-electron chi connectivity index (χ1n) is 8.51. The summed E-state index contributed by atoms with van der Waals surface area (Å²) in [7, 11) is 0. The van der Waals surface area contributed by atoms with Crippen molar-refractivity contribution in [3.63, 3.8) is 0 Å². The Morgan fingerprint density at radius 2 is 2.00 bits per heavy atom. The van der Waals surface area contributed by atoms with Crippen LogP contribution in [0, 0.1) is 0 Å². The van der Waals surface area contributed by atoms with Gasteiger partial charge in [-0.05, 0) is 42.8 Å². The lowest BCUT2D eigenvalue weighted by molar-refractivity contribution is 0.101. The molecule has 1 aliphatic rings. The van der Waals surface area contributed by atoms with E-state index in [9.17, 15) is 4.79 Å². The highest BCUT2D eigenvalue weighted by Gasteiger charge is 2.13. The lowest BCUT2D eigenvalue weighted by Gasteiger charge is -2.09. The van der Waals surface area contributed by atoms with Gasteiger partial charge in [0.1, 0.15) is 5.82 Å². The van der Waals surface area contributed by atoms with Gasteiger partial charge in [0, 0.05) is 24.0 Å². The molecule has 1 aliphatic heterocycles. The predicted molar refractivity (Wildman–Crippen MR) is 102 cm³/mol. The summed E-state index contributed by atoms with van der Waals surface area (Å²) in [6.07, 6.45) is 1.67. The van der Waals surface area contributed by atoms with Gasteiger partial charge in [-0.15, -0.1) is 0 Å². The van der Waals surface area contributed by atoms with Crippen LogP contribution in [0.3, 0.4) is 0 Å². The van der Waals surface area contributed by atoms with Crippen molar-refractivity contribution < 1.29 is 14.3 Å². The maximum atomic E-state index is 11.5. The molecule has 0 saturated heterocycles. The third kappa shape index (κ3) is 3.98. The first-order valence-corrected chi connectivity index (χ1v) is 8.51. The second-order valence-corrected chi connectivity index (χ2v) is 6.07. The molecule has 0 radical (unpaired) electrons. The summed E-state index contributed by atoms with van der Waals surface area (Å²) in [6, 6.07) is 14.9. The van der Waals surface area contributed by atoms with Crippen LogP contribution in [0.1, 0.15) is 22.8 Å². The average Bonchev–Trinajstić information content (AvgIpc) is 3.15. The second-order valence-electron chi connectivity index (χ2n) is 6.07. The fourth-order valence-corrected chi connectivity index (χ4v) is 2.71.